The van der Waals surface area contributed by atoms with Crippen LogP contribution in [0.2, 0.25) is 0 Å². The largest absolute Gasteiger partial charge is 0.358 e. The molecule has 1 amide bonds. The van der Waals surface area contributed by atoms with E-state index in [1.165, 1.54) is 0 Å². The zero-order valence-electron chi connectivity index (χ0n) is 11.7. The number of carbonyl (C=O) groups is 1. The first-order chi connectivity index (χ1) is 7.31. The monoisotopic (exact) mass is 228 g/mol. The fraction of sp³-hybridized carbons (Fsp3) is 0.923. The third-order valence-corrected chi connectivity index (χ3v) is 3.39. The first-order valence-corrected chi connectivity index (χ1v) is 6.28. The summed E-state index contributed by atoms with van der Waals surface area (Å²) in [6, 6.07) is 0. The van der Waals surface area contributed by atoms with Gasteiger partial charge in [-0.05, 0) is 25.2 Å². The molecule has 3 heteroatoms. The summed E-state index contributed by atoms with van der Waals surface area (Å²) in [5.41, 5.74) is -0.195. The van der Waals surface area contributed by atoms with Gasteiger partial charge in [0, 0.05) is 13.6 Å². The predicted octanol–water partition coefficient (Wildman–Crippen LogP) is 2.32. The van der Waals surface area contributed by atoms with Gasteiger partial charge in [-0.3, -0.25) is 4.79 Å². The summed E-state index contributed by atoms with van der Waals surface area (Å²) in [6.45, 7) is 11.6. The fourth-order valence-electron chi connectivity index (χ4n) is 1.62. The molecule has 96 valence electrons. The average molecular weight is 228 g/mol. The highest BCUT2D eigenvalue weighted by Gasteiger charge is 2.32. The molecule has 0 saturated carbocycles. The summed E-state index contributed by atoms with van der Waals surface area (Å²) in [5, 5.41) is 6.17. The van der Waals surface area contributed by atoms with E-state index in [1.54, 1.807) is 7.05 Å². The second kappa shape index (κ2) is 6.24. The molecule has 0 saturated heterocycles. The van der Waals surface area contributed by atoms with Crippen molar-refractivity contribution in [3.05, 3.63) is 0 Å². The van der Waals surface area contributed by atoms with Crippen LogP contribution in [0.5, 0.6) is 0 Å². The van der Waals surface area contributed by atoms with Crippen LogP contribution >= 0.6 is 0 Å². The van der Waals surface area contributed by atoms with Crippen LogP contribution in [0.25, 0.3) is 0 Å². The quantitative estimate of drug-likeness (QED) is 0.702. The average Bonchev–Trinajstić information content (AvgIpc) is 2.26. The van der Waals surface area contributed by atoms with Crippen molar-refractivity contribution in [1.29, 1.82) is 0 Å². The number of carbonyl (C=O) groups excluding carboxylic acids is 1. The summed E-state index contributed by atoms with van der Waals surface area (Å²) in [7, 11) is 1.70. The molecule has 0 radical (unpaired) electrons. The van der Waals surface area contributed by atoms with Crippen LogP contribution in [0.4, 0.5) is 0 Å². The van der Waals surface area contributed by atoms with Crippen molar-refractivity contribution in [3.63, 3.8) is 0 Å². The Morgan fingerprint density at radius 3 is 2.12 bits per heavy atom. The maximum absolute atomic E-state index is 11.9. The fourth-order valence-corrected chi connectivity index (χ4v) is 1.62. The van der Waals surface area contributed by atoms with E-state index >= 15 is 0 Å². The van der Waals surface area contributed by atoms with E-state index in [1.807, 2.05) is 6.92 Å². The van der Waals surface area contributed by atoms with E-state index in [4.69, 9.17) is 0 Å². The highest BCUT2D eigenvalue weighted by molar-refractivity contribution is 5.85. The molecule has 0 rings (SSSR count). The molecule has 0 bridgehead atoms. The molecule has 3 nitrogen and oxygen atoms in total. The van der Waals surface area contributed by atoms with Gasteiger partial charge in [0.2, 0.25) is 5.91 Å². The van der Waals surface area contributed by atoms with Gasteiger partial charge in [-0.15, -0.1) is 0 Å². The van der Waals surface area contributed by atoms with E-state index < -0.39 is 5.54 Å². The first kappa shape index (κ1) is 15.4. The van der Waals surface area contributed by atoms with E-state index in [0.717, 1.165) is 25.8 Å². The maximum atomic E-state index is 11.9. The molecule has 0 heterocycles. The normalized spacial score (nSPS) is 15.6. The number of nitrogens with one attached hydrogen (secondary N) is 2. The zero-order chi connectivity index (χ0) is 12.8. The van der Waals surface area contributed by atoms with Gasteiger partial charge in [0.25, 0.3) is 0 Å². The molecule has 0 aromatic heterocycles. The standard InChI is InChI=1S/C13H28N2O/c1-7-9-13(5,11(16)14-6)15-10-12(3,4)8-2/h15H,7-10H2,1-6H3,(H,14,16). The Bertz CT molecular complexity index is 226. The highest BCUT2D eigenvalue weighted by Crippen LogP contribution is 2.21. The molecule has 0 spiro atoms. The van der Waals surface area contributed by atoms with Crippen LogP contribution in [0.15, 0.2) is 0 Å². The van der Waals surface area contributed by atoms with Gasteiger partial charge in [-0.25, -0.2) is 0 Å². The minimum Gasteiger partial charge on any atom is -0.358 e. The molecule has 0 aromatic carbocycles. The second-order valence-electron chi connectivity index (χ2n) is 5.53. The lowest BCUT2D eigenvalue weighted by Gasteiger charge is -2.33. The lowest BCUT2D eigenvalue weighted by Crippen LogP contribution is -2.56. The molecule has 1 unspecified atom stereocenters. The van der Waals surface area contributed by atoms with Crippen LogP contribution in [-0.2, 0) is 4.79 Å². The number of rotatable bonds is 7. The lowest BCUT2D eigenvalue weighted by molar-refractivity contribution is -0.127. The molecule has 2 N–H and O–H groups in total. The number of likely N-dealkylation sites (N-methyl/N-ethyl adjacent to an activating group) is 1. The summed E-state index contributed by atoms with van der Waals surface area (Å²) in [6.07, 6.45) is 2.98. The molecule has 0 aliphatic heterocycles. The maximum Gasteiger partial charge on any atom is 0.239 e. The Balaban J connectivity index is 4.50. The Morgan fingerprint density at radius 1 is 1.19 bits per heavy atom. The summed E-state index contributed by atoms with van der Waals surface area (Å²) >= 11 is 0. The Hall–Kier alpha value is -0.570. The molecule has 0 aliphatic rings. The van der Waals surface area contributed by atoms with Crippen molar-refractivity contribution >= 4 is 5.91 Å². The topological polar surface area (TPSA) is 41.1 Å². The van der Waals surface area contributed by atoms with E-state index in [2.05, 4.69) is 38.3 Å². The first-order valence-electron chi connectivity index (χ1n) is 6.28. The van der Waals surface area contributed by atoms with Crippen molar-refractivity contribution in [2.45, 2.75) is 59.4 Å². The van der Waals surface area contributed by atoms with Crippen molar-refractivity contribution < 1.29 is 4.79 Å². The Labute approximate surface area is 100 Å². The van der Waals surface area contributed by atoms with Crippen LogP contribution in [0, 0.1) is 5.41 Å². The minimum atomic E-state index is -0.435. The zero-order valence-corrected chi connectivity index (χ0v) is 11.7. The summed E-state index contributed by atoms with van der Waals surface area (Å²) in [4.78, 5) is 11.9. The van der Waals surface area contributed by atoms with Gasteiger partial charge in [0.15, 0.2) is 0 Å². The van der Waals surface area contributed by atoms with Gasteiger partial charge in [0.1, 0.15) is 0 Å². The molecule has 16 heavy (non-hydrogen) atoms. The molecular weight excluding hydrogens is 200 g/mol. The second-order valence-corrected chi connectivity index (χ2v) is 5.53. The third kappa shape index (κ3) is 4.52. The van der Waals surface area contributed by atoms with E-state index in [9.17, 15) is 4.79 Å². The highest BCUT2D eigenvalue weighted by atomic mass is 16.2. The minimum absolute atomic E-state index is 0.0845. The van der Waals surface area contributed by atoms with Gasteiger partial charge in [0.05, 0.1) is 5.54 Å². The van der Waals surface area contributed by atoms with Crippen molar-refractivity contribution in [3.8, 4) is 0 Å². The van der Waals surface area contributed by atoms with E-state index in [-0.39, 0.29) is 11.3 Å². The van der Waals surface area contributed by atoms with Gasteiger partial charge >= 0.3 is 0 Å². The van der Waals surface area contributed by atoms with Crippen molar-refractivity contribution in [2.75, 3.05) is 13.6 Å². The Kier molecular flexibility index (Phi) is 6.01. The van der Waals surface area contributed by atoms with Gasteiger partial charge < -0.3 is 10.6 Å². The number of amides is 1. The van der Waals surface area contributed by atoms with Crippen LogP contribution in [0.1, 0.15) is 53.9 Å². The lowest BCUT2D eigenvalue weighted by atomic mass is 9.87. The van der Waals surface area contributed by atoms with Gasteiger partial charge in [-0.2, -0.15) is 0 Å². The van der Waals surface area contributed by atoms with Crippen LogP contribution < -0.4 is 10.6 Å². The SMILES string of the molecule is CCCC(C)(NCC(C)(C)CC)C(=O)NC. The Morgan fingerprint density at radius 2 is 1.75 bits per heavy atom. The van der Waals surface area contributed by atoms with Crippen molar-refractivity contribution in [1.82, 2.24) is 10.6 Å². The molecule has 0 aromatic rings. The summed E-state index contributed by atoms with van der Waals surface area (Å²) in [5.74, 6) is 0.0845. The number of hydrogen-bond donors (Lipinski definition) is 2. The smallest absolute Gasteiger partial charge is 0.239 e. The molecule has 1 atom stereocenters. The van der Waals surface area contributed by atoms with Crippen LogP contribution in [0.3, 0.4) is 0 Å². The molecule has 0 fully saturated rings. The van der Waals surface area contributed by atoms with Crippen molar-refractivity contribution in [2.24, 2.45) is 5.41 Å². The third-order valence-electron chi connectivity index (χ3n) is 3.39. The summed E-state index contributed by atoms with van der Waals surface area (Å²) < 4.78 is 0. The van der Waals surface area contributed by atoms with Gasteiger partial charge in [-0.1, -0.05) is 34.1 Å². The molecular formula is C13H28N2O. The number of hydrogen-bond acceptors (Lipinski definition) is 2. The molecule has 0 aliphatic carbocycles. The predicted molar refractivity (Wildman–Crippen MR) is 69.5 cm³/mol. The van der Waals surface area contributed by atoms with Crippen LogP contribution in [-0.4, -0.2) is 25.0 Å². The van der Waals surface area contributed by atoms with E-state index in [0.29, 0.717) is 0 Å².